The quantitative estimate of drug-likeness (QED) is 0.770. The maximum atomic E-state index is 6.08. The van der Waals surface area contributed by atoms with E-state index < -0.39 is 0 Å². The van der Waals surface area contributed by atoms with Crippen LogP contribution in [0, 0.1) is 5.92 Å². The summed E-state index contributed by atoms with van der Waals surface area (Å²) in [5.74, 6) is 0.606. The highest BCUT2D eigenvalue weighted by atomic mass is 15.3. The highest BCUT2D eigenvalue weighted by Gasteiger charge is 2.22. The van der Waals surface area contributed by atoms with Crippen molar-refractivity contribution in [1.29, 1.82) is 0 Å². The average molecular weight is 227 g/mol. The summed E-state index contributed by atoms with van der Waals surface area (Å²) < 4.78 is 0. The number of nitrogens with two attached hydrogens (primary N) is 1. The summed E-state index contributed by atoms with van der Waals surface area (Å²) in [6, 6.07) is 1.06. The molecule has 0 spiro atoms. The summed E-state index contributed by atoms with van der Waals surface area (Å²) in [5, 5.41) is 0. The van der Waals surface area contributed by atoms with Crippen LogP contribution in [0.5, 0.6) is 0 Å². The van der Waals surface area contributed by atoms with Crippen molar-refractivity contribution in [3.8, 4) is 0 Å². The Morgan fingerprint density at radius 3 is 2.50 bits per heavy atom. The van der Waals surface area contributed by atoms with Gasteiger partial charge in [0.1, 0.15) is 0 Å². The van der Waals surface area contributed by atoms with E-state index in [1.165, 1.54) is 32.7 Å². The Morgan fingerprint density at radius 1 is 1.31 bits per heavy atom. The van der Waals surface area contributed by atoms with E-state index in [0.29, 0.717) is 18.0 Å². The van der Waals surface area contributed by atoms with Crippen LogP contribution < -0.4 is 5.73 Å². The van der Waals surface area contributed by atoms with Crippen LogP contribution in [0.15, 0.2) is 0 Å². The van der Waals surface area contributed by atoms with Gasteiger partial charge in [-0.3, -0.25) is 4.90 Å². The molecule has 96 valence electrons. The molecule has 3 nitrogen and oxygen atoms in total. The lowest BCUT2D eigenvalue weighted by Gasteiger charge is -2.39. The van der Waals surface area contributed by atoms with E-state index in [0.717, 1.165) is 6.42 Å². The second-order valence-electron chi connectivity index (χ2n) is 5.47. The summed E-state index contributed by atoms with van der Waals surface area (Å²) in [6.07, 6.45) is 1.14. The van der Waals surface area contributed by atoms with E-state index in [2.05, 4.69) is 37.5 Å². The fraction of sp³-hybridized carbons (Fsp3) is 1.00. The van der Waals surface area contributed by atoms with Crippen molar-refractivity contribution in [1.82, 2.24) is 9.80 Å². The van der Waals surface area contributed by atoms with Crippen LogP contribution in [-0.4, -0.2) is 54.6 Å². The number of piperazine rings is 1. The minimum atomic E-state index is 0.361. The monoisotopic (exact) mass is 227 g/mol. The van der Waals surface area contributed by atoms with Gasteiger partial charge in [-0.05, 0) is 32.4 Å². The third-order valence-electron chi connectivity index (χ3n) is 3.89. The van der Waals surface area contributed by atoms with E-state index in [9.17, 15) is 0 Å². The van der Waals surface area contributed by atoms with Crippen LogP contribution in [0.2, 0.25) is 0 Å². The molecule has 3 heteroatoms. The Kier molecular flexibility index (Phi) is 5.73. The van der Waals surface area contributed by atoms with Crippen LogP contribution in [0.4, 0.5) is 0 Å². The summed E-state index contributed by atoms with van der Waals surface area (Å²) in [5.41, 5.74) is 6.08. The molecule has 2 atom stereocenters. The lowest BCUT2D eigenvalue weighted by atomic mass is 10.0. The molecule has 1 aliphatic heterocycles. The number of rotatable bonds is 5. The second-order valence-corrected chi connectivity index (χ2v) is 5.47. The molecule has 1 fully saturated rings. The lowest BCUT2D eigenvalue weighted by Crippen LogP contribution is -2.52. The van der Waals surface area contributed by atoms with Crippen molar-refractivity contribution < 1.29 is 0 Å². The number of hydrogen-bond acceptors (Lipinski definition) is 3. The normalized spacial score (nSPS) is 26.2. The van der Waals surface area contributed by atoms with Crippen molar-refractivity contribution in [2.45, 2.75) is 46.2 Å². The first-order valence-corrected chi connectivity index (χ1v) is 6.76. The topological polar surface area (TPSA) is 32.5 Å². The number of hydrogen-bond donors (Lipinski definition) is 1. The van der Waals surface area contributed by atoms with Crippen LogP contribution in [0.25, 0.3) is 0 Å². The molecule has 1 saturated heterocycles. The largest absolute Gasteiger partial charge is 0.327 e. The molecule has 0 aromatic heterocycles. The predicted octanol–water partition coefficient (Wildman–Crippen LogP) is 1.39. The van der Waals surface area contributed by atoms with Gasteiger partial charge in [0.15, 0.2) is 0 Å². The van der Waals surface area contributed by atoms with Gasteiger partial charge in [0, 0.05) is 31.7 Å². The molecule has 2 unspecified atom stereocenters. The Balaban J connectivity index is 2.25. The second kappa shape index (κ2) is 6.58. The maximum absolute atomic E-state index is 6.08. The fourth-order valence-electron chi connectivity index (χ4n) is 2.41. The molecule has 0 amide bonds. The summed E-state index contributed by atoms with van der Waals surface area (Å²) in [6.45, 7) is 15.0. The zero-order chi connectivity index (χ0) is 12.1. The van der Waals surface area contributed by atoms with E-state index in [-0.39, 0.29) is 0 Å². The first kappa shape index (κ1) is 13.9. The van der Waals surface area contributed by atoms with E-state index >= 15 is 0 Å². The first-order chi connectivity index (χ1) is 7.54. The maximum Gasteiger partial charge on any atom is 0.0195 e. The molecule has 1 rings (SSSR count). The van der Waals surface area contributed by atoms with Gasteiger partial charge in [0.05, 0.1) is 0 Å². The fourth-order valence-corrected chi connectivity index (χ4v) is 2.41. The molecule has 2 N–H and O–H groups in total. The average Bonchev–Trinajstić information content (AvgIpc) is 2.25. The summed E-state index contributed by atoms with van der Waals surface area (Å²) in [7, 11) is 0. The molecule has 0 aliphatic carbocycles. The molecule has 0 radical (unpaired) electrons. The van der Waals surface area contributed by atoms with E-state index in [1.54, 1.807) is 0 Å². The predicted molar refractivity (Wildman–Crippen MR) is 70.6 cm³/mol. The van der Waals surface area contributed by atoms with Gasteiger partial charge in [-0.15, -0.1) is 0 Å². The van der Waals surface area contributed by atoms with Crippen molar-refractivity contribution in [2.24, 2.45) is 11.7 Å². The van der Waals surface area contributed by atoms with Crippen LogP contribution in [0.1, 0.15) is 34.1 Å². The van der Waals surface area contributed by atoms with E-state index in [4.69, 9.17) is 5.73 Å². The lowest BCUT2D eigenvalue weighted by molar-refractivity contribution is 0.0851. The van der Waals surface area contributed by atoms with E-state index in [1.807, 2.05) is 0 Å². The van der Waals surface area contributed by atoms with Crippen molar-refractivity contribution in [3.63, 3.8) is 0 Å². The smallest absolute Gasteiger partial charge is 0.0195 e. The Bertz CT molecular complexity index is 194. The molecule has 16 heavy (non-hydrogen) atoms. The molecular weight excluding hydrogens is 198 g/mol. The van der Waals surface area contributed by atoms with Crippen LogP contribution >= 0.6 is 0 Å². The zero-order valence-corrected chi connectivity index (χ0v) is 11.4. The van der Waals surface area contributed by atoms with Crippen molar-refractivity contribution >= 4 is 0 Å². The number of nitrogens with zero attached hydrogens (tertiary/aromatic N) is 2. The van der Waals surface area contributed by atoms with Gasteiger partial charge in [-0.25, -0.2) is 0 Å². The summed E-state index contributed by atoms with van der Waals surface area (Å²) >= 11 is 0. The molecular formula is C13H29N3. The van der Waals surface area contributed by atoms with Crippen molar-refractivity contribution in [2.75, 3.05) is 32.7 Å². The summed E-state index contributed by atoms with van der Waals surface area (Å²) in [4.78, 5) is 5.12. The third kappa shape index (κ3) is 4.04. The van der Waals surface area contributed by atoms with Gasteiger partial charge in [0.2, 0.25) is 0 Å². The molecule has 0 aromatic carbocycles. The molecule has 1 heterocycles. The van der Waals surface area contributed by atoms with Crippen LogP contribution in [-0.2, 0) is 0 Å². The minimum Gasteiger partial charge on any atom is -0.327 e. The standard InChI is InChI=1S/C13H29N3/c1-5-16-9-8-15(10-12(16)4)7-6-13(14)11(2)3/h11-13H,5-10,14H2,1-4H3. The Labute approximate surface area is 101 Å². The van der Waals surface area contributed by atoms with Gasteiger partial charge >= 0.3 is 0 Å². The molecule has 0 saturated carbocycles. The van der Waals surface area contributed by atoms with Gasteiger partial charge in [0.25, 0.3) is 0 Å². The highest BCUT2D eigenvalue weighted by molar-refractivity contribution is 4.79. The number of likely N-dealkylation sites (N-methyl/N-ethyl adjacent to an activating group) is 1. The Hall–Kier alpha value is -0.120. The van der Waals surface area contributed by atoms with Gasteiger partial charge in [-0.1, -0.05) is 20.8 Å². The molecule has 0 aromatic rings. The molecule has 0 bridgehead atoms. The zero-order valence-electron chi connectivity index (χ0n) is 11.4. The first-order valence-electron chi connectivity index (χ1n) is 6.76. The minimum absolute atomic E-state index is 0.361. The van der Waals surface area contributed by atoms with Gasteiger partial charge < -0.3 is 10.6 Å². The Morgan fingerprint density at radius 2 is 2.00 bits per heavy atom. The SMILES string of the molecule is CCN1CCN(CCC(N)C(C)C)CC1C. The van der Waals surface area contributed by atoms with Crippen molar-refractivity contribution in [3.05, 3.63) is 0 Å². The highest BCUT2D eigenvalue weighted by Crippen LogP contribution is 2.11. The third-order valence-corrected chi connectivity index (χ3v) is 3.89. The van der Waals surface area contributed by atoms with Gasteiger partial charge in [-0.2, -0.15) is 0 Å². The molecule has 1 aliphatic rings. The van der Waals surface area contributed by atoms with Crippen LogP contribution in [0.3, 0.4) is 0 Å².